The molecule has 0 unspecified atom stereocenters. The van der Waals surface area contributed by atoms with E-state index in [2.05, 4.69) is 81.9 Å². The van der Waals surface area contributed by atoms with Crippen LogP contribution in [0.5, 0.6) is 5.75 Å². The van der Waals surface area contributed by atoms with Crippen LogP contribution in [-0.2, 0) is 24.1 Å². The molecule has 4 nitrogen and oxygen atoms in total. The fourth-order valence-electron chi connectivity index (χ4n) is 4.91. The van der Waals surface area contributed by atoms with Gasteiger partial charge in [0, 0.05) is 35.6 Å². The number of hydrogen-bond donors (Lipinski definition) is 0. The van der Waals surface area contributed by atoms with Crippen molar-refractivity contribution in [2.45, 2.75) is 73.0 Å². The predicted octanol–water partition coefficient (Wildman–Crippen LogP) is 5.69. The van der Waals surface area contributed by atoms with Crippen molar-refractivity contribution in [2.24, 2.45) is 0 Å². The molecule has 1 aliphatic heterocycles. The van der Waals surface area contributed by atoms with Gasteiger partial charge in [0.25, 0.3) is 0 Å². The van der Waals surface area contributed by atoms with E-state index in [0.717, 1.165) is 68.1 Å². The van der Waals surface area contributed by atoms with Crippen molar-refractivity contribution in [1.82, 2.24) is 4.98 Å². The number of hydrogen-bond acceptors (Lipinski definition) is 3. The third-order valence-electron chi connectivity index (χ3n) is 6.54. The van der Waals surface area contributed by atoms with Gasteiger partial charge in [-0.3, -0.25) is 4.98 Å². The van der Waals surface area contributed by atoms with Crippen LogP contribution >= 0.6 is 0 Å². The van der Waals surface area contributed by atoms with Gasteiger partial charge in [0.1, 0.15) is 11.9 Å². The van der Waals surface area contributed by atoms with E-state index in [1.165, 1.54) is 27.8 Å². The number of aromatic nitrogens is 2. The Labute approximate surface area is 198 Å². The maximum Gasteiger partial charge on any atom is 0.179 e. The molecular formula is C29H37N2O2+. The van der Waals surface area contributed by atoms with Gasteiger partial charge in [-0.1, -0.05) is 32.0 Å². The second-order valence-electron chi connectivity index (χ2n) is 9.22. The Hall–Kier alpha value is -2.72. The third kappa shape index (κ3) is 5.44. The number of pyridine rings is 2. The maximum atomic E-state index is 6.68. The Morgan fingerprint density at radius 3 is 2.21 bits per heavy atom. The Kier molecular flexibility index (Phi) is 7.44. The summed E-state index contributed by atoms with van der Waals surface area (Å²) in [5.74, 6) is 0.962. The van der Waals surface area contributed by atoms with Gasteiger partial charge in [0.05, 0.1) is 30.2 Å². The summed E-state index contributed by atoms with van der Waals surface area (Å²) in [5.41, 5.74) is 9.69. The second kappa shape index (κ2) is 10.5. The van der Waals surface area contributed by atoms with E-state index in [1.807, 2.05) is 0 Å². The topological polar surface area (TPSA) is 35.2 Å². The first-order chi connectivity index (χ1) is 16.0. The summed E-state index contributed by atoms with van der Waals surface area (Å²) in [6, 6.07) is 11.0. The van der Waals surface area contributed by atoms with Crippen molar-refractivity contribution >= 4 is 0 Å². The van der Waals surface area contributed by atoms with E-state index in [0.29, 0.717) is 0 Å². The van der Waals surface area contributed by atoms with Crippen LogP contribution in [0.4, 0.5) is 0 Å². The minimum Gasteiger partial charge on any atom is -0.490 e. The highest BCUT2D eigenvalue weighted by atomic mass is 16.5. The third-order valence-corrected chi connectivity index (χ3v) is 6.54. The zero-order valence-corrected chi connectivity index (χ0v) is 20.8. The molecule has 174 valence electrons. The minimum atomic E-state index is 0.184. The number of benzene rings is 1. The molecule has 0 saturated carbocycles. The van der Waals surface area contributed by atoms with Crippen LogP contribution in [0.15, 0.2) is 42.7 Å². The fraction of sp³-hybridized carbons (Fsp3) is 0.448. The highest BCUT2D eigenvalue weighted by molar-refractivity contribution is 5.70. The SMILES string of the molecule is CCc1cccc(CC)c1-c1cc(OC2CCOCC2)c(C[n+]2cc(C)cc(C)c2)c(C)n1. The van der Waals surface area contributed by atoms with Crippen LogP contribution in [0.25, 0.3) is 11.3 Å². The summed E-state index contributed by atoms with van der Waals surface area (Å²) in [6.07, 6.45) is 8.40. The van der Waals surface area contributed by atoms with Crippen LogP contribution in [0.2, 0.25) is 0 Å². The molecule has 1 fully saturated rings. The van der Waals surface area contributed by atoms with Crippen LogP contribution in [0, 0.1) is 20.8 Å². The van der Waals surface area contributed by atoms with E-state index < -0.39 is 0 Å². The van der Waals surface area contributed by atoms with Crippen molar-refractivity contribution in [3.8, 4) is 17.0 Å². The maximum absolute atomic E-state index is 6.68. The monoisotopic (exact) mass is 445 g/mol. The van der Waals surface area contributed by atoms with Crippen LogP contribution < -0.4 is 9.30 Å². The first-order valence-electron chi connectivity index (χ1n) is 12.3. The zero-order chi connectivity index (χ0) is 23.4. The van der Waals surface area contributed by atoms with Gasteiger partial charge in [-0.25, -0.2) is 4.57 Å². The van der Waals surface area contributed by atoms with E-state index in [4.69, 9.17) is 14.5 Å². The summed E-state index contributed by atoms with van der Waals surface area (Å²) in [4.78, 5) is 5.14. The molecule has 0 aliphatic carbocycles. The normalized spacial score (nSPS) is 14.5. The standard InChI is InChI=1S/C29H37N2O2/c1-6-23-9-8-10-24(7-2)29(23)27-16-28(33-25-11-13-32-14-12-25)26(22(5)30-27)19-31-17-20(3)15-21(4)18-31/h8-10,15-18,25H,6-7,11-14,19H2,1-5H3/q+1. The number of ether oxygens (including phenoxy) is 2. The lowest BCUT2D eigenvalue weighted by molar-refractivity contribution is -0.689. The summed E-state index contributed by atoms with van der Waals surface area (Å²) < 4.78 is 14.5. The number of rotatable bonds is 7. The van der Waals surface area contributed by atoms with Crippen LogP contribution in [-0.4, -0.2) is 24.3 Å². The molecule has 3 aromatic rings. The van der Waals surface area contributed by atoms with Crippen molar-refractivity contribution in [3.63, 3.8) is 0 Å². The van der Waals surface area contributed by atoms with Crippen molar-refractivity contribution in [2.75, 3.05) is 13.2 Å². The van der Waals surface area contributed by atoms with Crippen molar-refractivity contribution in [1.29, 1.82) is 0 Å². The molecule has 0 N–H and O–H groups in total. The van der Waals surface area contributed by atoms with Crippen molar-refractivity contribution < 1.29 is 14.0 Å². The molecular weight excluding hydrogens is 408 g/mol. The van der Waals surface area contributed by atoms with E-state index in [9.17, 15) is 0 Å². The fourth-order valence-corrected chi connectivity index (χ4v) is 4.91. The van der Waals surface area contributed by atoms with Crippen molar-refractivity contribution in [3.05, 3.63) is 76.2 Å². The lowest BCUT2D eigenvalue weighted by Gasteiger charge is -2.25. The van der Waals surface area contributed by atoms with E-state index >= 15 is 0 Å². The molecule has 1 aromatic carbocycles. The van der Waals surface area contributed by atoms with Gasteiger partial charge >= 0.3 is 0 Å². The average Bonchev–Trinajstić information content (AvgIpc) is 2.80. The average molecular weight is 446 g/mol. The quantitative estimate of drug-likeness (QED) is 0.438. The second-order valence-corrected chi connectivity index (χ2v) is 9.22. The molecule has 4 heteroatoms. The largest absolute Gasteiger partial charge is 0.490 e. The first kappa shape index (κ1) is 23.4. The Balaban J connectivity index is 1.81. The molecule has 0 radical (unpaired) electrons. The summed E-state index contributed by atoms with van der Waals surface area (Å²) in [5, 5.41) is 0. The van der Waals surface area contributed by atoms with Gasteiger partial charge in [-0.15, -0.1) is 0 Å². The van der Waals surface area contributed by atoms with Crippen LogP contribution in [0.3, 0.4) is 0 Å². The highest BCUT2D eigenvalue weighted by Gasteiger charge is 2.23. The molecule has 2 aromatic heterocycles. The van der Waals surface area contributed by atoms with E-state index in [-0.39, 0.29) is 6.10 Å². The Morgan fingerprint density at radius 2 is 1.61 bits per heavy atom. The van der Waals surface area contributed by atoms with Gasteiger partial charge in [0.2, 0.25) is 0 Å². The smallest absolute Gasteiger partial charge is 0.179 e. The molecule has 3 heterocycles. The minimum absolute atomic E-state index is 0.184. The lowest BCUT2D eigenvalue weighted by atomic mass is 9.94. The van der Waals surface area contributed by atoms with Gasteiger partial charge in [-0.05, 0) is 50.8 Å². The Morgan fingerprint density at radius 1 is 0.970 bits per heavy atom. The number of aryl methyl sites for hydroxylation is 5. The molecule has 4 rings (SSSR count). The summed E-state index contributed by atoms with van der Waals surface area (Å²) >= 11 is 0. The van der Waals surface area contributed by atoms with Gasteiger partial charge in [-0.2, -0.15) is 0 Å². The molecule has 0 bridgehead atoms. The lowest BCUT2D eigenvalue weighted by Crippen LogP contribution is -2.35. The van der Waals surface area contributed by atoms with Gasteiger partial charge < -0.3 is 9.47 Å². The molecule has 0 amide bonds. The predicted molar refractivity (Wildman–Crippen MR) is 133 cm³/mol. The molecule has 0 spiro atoms. The summed E-state index contributed by atoms with van der Waals surface area (Å²) in [6.45, 7) is 13.1. The molecule has 0 atom stereocenters. The summed E-state index contributed by atoms with van der Waals surface area (Å²) in [7, 11) is 0. The molecule has 1 saturated heterocycles. The van der Waals surface area contributed by atoms with Crippen LogP contribution in [0.1, 0.15) is 60.2 Å². The molecule has 1 aliphatic rings. The van der Waals surface area contributed by atoms with E-state index in [1.54, 1.807) is 0 Å². The highest BCUT2D eigenvalue weighted by Crippen LogP contribution is 2.34. The number of nitrogens with zero attached hydrogens (tertiary/aromatic N) is 2. The zero-order valence-electron chi connectivity index (χ0n) is 20.8. The molecule has 33 heavy (non-hydrogen) atoms. The van der Waals surface area contributed by atoms with Gasteiger partial charge in [0.15, 0.2) is 18.9 Å². The first-order valence-corrected chi connectivity index (χ1v) is 12.3. The Bertz CT molecular complexity index is 1070.